The summed E-state index contributed by atoms with van der Waals surface area (Å²) in [5.41, 5.74) is -1.87. The zero-order chi connectivity index (χ0) is 20.7. The topological polar surface area (TPSA) is 138 Å². The van der Waals surface area contributed by atoms with E-state index >= 15 is 0 Å². The van der Waals surface area contributed by atoms with Crippen molar-refractivity contribution in [2.75, 3.05) is 19.8 Å². The number of aromatic amines is 1. The van der Waals surface area contributed by atoms with E-state index < -0.39 is 49.2 Å². The minimum atomic E-state index is -4.01. The molecular weight excluding hydrogens is 395 g/mol. The zero-order valence-electron chi connectivity index (χ0n) is 16.1. The molecule has 1 aromatic heterocycles. The Morgan fingerprint density at radius 1 is 1.21 bits per heavy atom. The molecular formula is C16H25N2O9P. The lowest BCUT2D eigenvalue weighted by atomic mass is 10.1. The first-order chi connectivity index (χ1) is 13.2. The molecule has 158 valence electrons. The van der Waals surface area contributed by atoms with E-state index in [1.165, 1.54) is 0 Å². The van der Waals surface area contributed by atoms with E-state index in [0.717, 1.165) is 10.6 Å². The molecule has 0 aliphatic carbocycles. The van der Waals surface area contributed by atoms with Crippen LogP contribution in [0.25, 0.3) is 0 Å². The standard InChI is InChI=1S/C16H25N2O9P/c1-5-23-28(22,24-6-2)11-7-10(20)17-15(21)18(11)14-13-12(9(8-19)25-14)26-16(3,4)27-13/h7,9,12-14,19H,5-6,8H2,1-4H3,(H,17,20,21)/t9-,12-,13-,14-/m1/s1. The van der Waals surface area contributed by atoms with Gasteiger partial charge in [-0.1, -0.05) is 0 Å². The second-order valence-corrected chi connectivity index (χ2v) is 8.78. The van der Waals surface area contributed by atoms with E-state index in [1.807, 2.05) is 0 Å². The minimum absolute atomic E-state index is 0.0295. The van der Waals surface area contributed by atoms with Crippen molar-refractivity contribution in [1.29, 1.82) is 0 Å². The molecule has 1 aromatic rings. The Morgan fingerprint density at radius 3 is 2.39 bits per heavy atom. The highest BCUT2D eigenvalue weighted by molar-refractivity contribution is 7.61. The molecule has 0 saturated carbocycles. The Hall–Kier alpha value is -1.33. The Kier molecular flexibility index (Phi) is 5.98. The fraction of sp³-hybridized carbons (Fsp3) is 0.750. The van der Waals surface area contributed by atoms with E-state index in [2.05, 4.69) is 4.98 Å². The molecule has 28 heavy (non-hydrogen) atoms. The van der Waals surface area contributed by atoms with Gasteiger partial charge in [0.15, 0.2) is 12.0 Å². The summed E-state index contributed by atoms with van der Waals surface area (Å²) in [4.78, 5) is 26.8. The highest BCUT2D eigenvalue weighted by Gasteiger charge is 2.56. The maximum atomic E-state index is 13.3. The van der Waals surface area contributed by atoms with E-state index in [0.29, 0.717) is 0 Å². The van der Waals surface area contributed by atoms with E-state index in [4.69, 9.17) is 23.3 Å². The van der Waals surface area contributed by atoms with Crippen molar-refractivity contribution in [3.05, 3.63) is 26.9 Å². The van der Waals surface area contributed by atoms with E-state index in [1.54, 1.807) is 27.7 Å². The SMILES string of the molecule is CCOP(=O)(OCC)c1cc(=O)[nH]c(=O)n1[C@@H]1O[C@H](CO)[C@H]2OC(C)(C)O[C@H]21. The fourth-order valence-electron chi connectivity index (χ4n) is 3.47. The van der Waals surface area contributed by atoms with Gasteiger partial charge in [0.2, 0.25) is 0 Å². The monoisotopic (exact) mass is 420 g/mol. The lowest BCUT2D eigenvalue weighted by Gasteiger charge is -2.27. The van der Waals surface area contributed by atoms with E-state index in [-0.39, 0.29) is 25.3 Å². The van der Waals surface area contributed by atoms with Crippen LogP contribution in [0.3, 0.4) is 0 Å². The molecule has 2 aliphatic rings. The number of aromatic nitrogens is 2. The fourth-order valence-corrected chi connectivity index (χ4v) is 5.24. The molecule has 0 aromatic carbocycles. The molecule has 0 bridgehead atoms. The molecule has 0 unspecified atom stereocenters. The largest absolute Gasteiger partial charge is 0.394 e. The number of nitrogens with one attached hydrogen (secondary N) is 1. The van der Waals surface area contributed by atoms with Gasteiger partial charge in [0.1, 0.15) is 23.7 Å². The quantitative estimate of drug-likeness (QED) is 0.576. The third kappa shape index (κ3) is 3.76. The van der Waals surface area contributed by atoms with E-state index in [9.17, 15) is 19.3 Å². The number of ether oxygens (including phenoxy) is 3. The molecule has 3 heterocycles. The molecule has 0 amide bonds. The summed E-state index contributed by atoms with van der Waals surface area (Å²) in [6.07, 6.45) is -3.33. The third-order valence-electron chi connectivity index (χ3n) is 4.39. The van der Waals surface area contributed by atoms with Gasteiger partial charge in [-0.3, -0.25) is 18.9 Å². The van der Waals surface area contributed by atoms with Crippen LogP contribution in [0.2, 0.25) is 0 Å². The number of fused-ring (bicyclic) bond motifs is 1. The van der Waals surface area contributed by atoms with Crippen molar-refractivity contribution in [2.24, 2.45) is 0 Å². The van der Waals surface area contributed by atoms with Crippen LogP contribution < -0.4 is 16.7 Å². The molecule has 2 saturated heterocycles. The highest BCUT2D eigenvalue weighted by atomic mass is 31.2. The maximum absolute atomic E-state index is 13.3. The van der Waals surface area contributed by atoms with Crippen LogP contribution in [0.4, 0.5) is 0 Å². The molecule has 0 radical (unpaired) electrons. The van der Waals surface area contributed by atoms with Crippen molar-refractivity contribution < 1.29 is 32.9 Å². The van der Waals surface area contributed by atoms with Crippen molar-refractivity contribution in [1.82, 2.24) is 9.55 Å². The Labute approximate surface area is 161 Å². The summed E-state index contributed by atoms with van der Waals surface area (Å²) in [5.74, 6) is -0.972. The van der Waals surface area contributed by atoms with Gasteiger partial charge in [-0.05, 0) is 27.7 Å². The number of rotatable bonds is 7. The van der Waals surface area contributed by atoms with Gasteiger partial charge >= 0.3 is 13.3 Å². The summed E-state index contributed by atoms with van der Waals surface area (Å²) in [5, 5.41) is 9.65. The number of hydrogen-bond donors (Lipinski definition) is 2. The Bertz CT molecular complexity index is 870. The van der Waals surface area contributed by atoms with Crippen LogP contribution in [0.5, 0.6) is 0 Å². The van der Waals surface area contributed by atoms with Gasteiger partial charge in [-0.25, -0.2) is 4.79 Å². The first kappa shape index (κ1) is 21.4. The lowest BCUT2D eigenvalue weighted by Crippen LogP contribution is -2.45. The van der Waals surface area contributed by atoms with Crippen molar-refractivity contribution in [2.45, 2.75) is 58.0 Å². The van der Waals surface area contributed by atoms with Gasteiger partial charge in [0.25, 0.3) is 5.56 Å². The Balaban J connectivity index is 2.16. The van der Waals surface area contributed by atoms with Crippen LogP contribution in [0, 0.1) is 0 Å². The summed E-state index contributed by atoms with van der Waals surface area (Å²) in [6.45, 7) is 6.29. The van der Waals surface area contributed by atoms with Crippen LogP contribution >= 0.6 is 7.60 Å². The molecule has 11 nitrogen and oxygen atoms in total. The predicted molar refractivity (Wildman–Crippen MR) is 96.6 cm³/mol. The number of aliphatic hydroxyl groups excluding tert-OH is 1. The molecule has 2 aliphatic heterocycles. The number of H-pyrrole nitrogens is 1. The maximum Gasteiger partial charge on any atom is 0.378 e. The first-order valence-electron chi connectivity index (χ1n) is 9.03. The zero-order valence-corrected chi connectivity index (χ0v) is 17.0. The number of nitrogens with zero attached hydrogens (tertiary/aromatic N) is 1. The minimum Gasteiger partial charge on any atom is -0.394 e. The third-order valence-corrected chi connectivity index (χ3v) is 6.50. The second-order valence-electron chi connectivity index (χ2n) is 6.81. The van der Waals surface area contributed by atoms with Crippen LogP contribution in [0.15, 0.2) is 15.7 Å². The number of aliphatic hydroxyl groups is 1. The number of hydrogen-bond acceptors (Lipinski definition) is 9. The Morgan fingerprint density at radius 2 is 1.82 bits per heavy atom. The normalized spacial score (nSPS) is 29.2. The van der Waals surface area contributed by atoms with Crippen LogP contribution in [-0.2, 0) is 27.8 Å². The van der Waals surface area contributed by atoms with Gasteiger partial charge in [0.05, 0.1) is 19.8 Å². The average molecular weight is 420 g/mol. The molecule has 2 fully saturated rings. The highest BCUT2D eigenvalue weighted by Crippen LogP contribution is 2.48. The second kappa shape index (κ2) is 7.83. The van der Waals surface area contributed by atoms with Crippen LogP contribution in [0.1, 0.15) is 33.9 Å². The molecule has 4 atom stereocenters. The summed E-state index contributed by atoms with van der Waals surface area (Å²) in [6, 6.07) is 0.985. The van der Waals surface area contributed by atoms with Gasteiger partial charge < -0.3 is 28.4 Å². The molecule has 0 spiro atoms. The smallest absolute Gasteiger partial charge is 0.378 e. The van der Waals surface area contributed by atoms with Gasteiger partial charge in [-0.15, -0.1) is 0 Å². The first-order valence-corrected chi connectivity index (χ1v) is 10.6. The van der Waals surface area contributed by atoms with Crippen molar-refractivity contribution in [3.63, 3.8) is 0 Å². The summed E-state index contributed by atoms with van der Waals surface area (Å²) < 4.78 is 42.4. The molecule has 2 N–H and O–H groups in total. The summed E-state index contributed by atoms with van der Waals surface area (Å²) in [7, 11) is -4.01. The molecule has 12 heteroatoms. The van der Waals surface area contributed by atoms with Gasteiger partial charge in [0, 0.05) is 6.07 Å². The van der Waals surface area contributed by atoms with Crippen molar-refractivity contribution in [3.8, 4) is 0 Å². The average Bonchev–Trinajstić information content (AvgIpc) is 3.07. The summed E-state index contributed by atoms with van der Waals surface area (Å²) >= 11 is 0. The lowest BCUT2D eigenvalue weighted by molar-refractivity contribution is -0.200. The van der Waals surface area contributed by atoms with Crippen LogP contribution in [-0.4, -0.2) is 58.6 Å². The van der Waals surface area contributed by atoms with Gasteiger partial charge in [-0.2, -0.15) is 0 Å². The predicted octanol–water partition coefficient (Wildman–Crippen LogP) is -0.162. The van der Waals surface area contributed by atoms with Crippen molar-refractivity contribution >= 4 is 13.0 Å². The molecule has 3 rings (SSSR count).